The lowest BCUT2D eigenvalue weighted by Crippen LogP contribution is -2.51. The molecule has 0 spiro atoms. The molecular formula is C24H35N3O4. The molecule has 1 aromatic rings. The van der Waals surface area contributed by atoms with Gasteiger partial charge in [-0.1, -0.05) is 32.3 Å². The monoisotopic (exact) mass is 429 g/mol. The largest absolute Gasteiger partial charge is 0.481 e. The molecule has 2 aliphatic rings. The first-order valence-electron chi connectivity index (χ1n) is 11.7. The molecule has 0 bridgehead atoms. The van der Waals surface area contributed by atoms with Gasteiger partial charge in [-0.15, -0.1) is 0 Å². The van der Waals surface area contributed by atoms with Gasteiger partial charge in [0, 0.05) is 30.4 Å². The fourth-order valence-electron chi connectivity index (χ4n) is 4.63. The molecule has 0 radical (unpaired) electrons. The molecule has 1 heterocycles. The number of unbranched alkanes of at least 4 members (excludes halogenated alkanes) is 1. The molecule has 1 saturated heterocycles. The summed E-state index contributed by atoms with van der Waals surface area (Å²) in [5, 5.41) is 15.2. The highest BCUT2D eigenvalue weighted by Crippen LogP contribution is 2.26. The second-order valence-electron chi connectivity index (χ2n) is 8.76. The van der Waals surface area contributed by atoms with E-state index in [2.05, 4.69) is 15.5 Å². The summed E-state index contributed by atoms with van der Waals surface area (Å²) in [4.78, 5) is 39.6. The van der Waals surface area contributed by atoms with E-state index in [-0.39, 0.29) is 17.9 Å². The smallest absolute Gasteiger partial charge is 0.308 e. The van der Waals surface area contributed by atoms with Crippen molar-refractivity contribution in [2.75, 3.05) is 18.0 Å². The van der Waals surface area contributed by atoms with Crippen LogP contribution in [-0.4, -0.2) is 48.1 Å². The Labute approximate surface area is 184 Å². The van der Waals surface area contributed by atoms with Crippen LogP contribution in [0.3, 0.4) is 0 Å². The van der Waals surface area contributed by atoms with Gasteiger partial charge in [0.25, 0.3) is 5.91 Å². The summed E-state index contributed by atoms with van der Waals surface area (Å²) in [6.07, 6.45) is 7.84. The highest BCUT2D eigenvalue weighted by Gasteiger charge is 2.35. The van der Waals surface area contributed by atoms with Crippen molar-refractivity contribution in [3.8, 4) is 0 Å². The van der Waals surface area contributed by atoms with Gasteiger partial charge in [0.1, 0.15) is 6.04 Å². The van der Waals surface area contributed by atoms with Gasteiger partial charge in [0.2, 0.25) is 5.91 Å². The number of carbonyl (C=O) groups is 3. The third kappa shape index (κ3) is 6.21. The molecule has 3 atom stereocenters. The minimum absolute atomic E-state index is 0.267. The molecule has 3 N–H and O–H groups in total. The highest BCUT2D eigenvalue weighted by atomic mass is 16.4. The van der Waals surface area contributed by atoms with E-state index in [9.17, 15) is 19.5 Å². The minimum atomic E-state index is -0.869. The van der Waals surface area contributed by atoms with Crippen molar-refractivity contribution < 1.29 is 19.5 Å². The predicted molar refractivity (Wildman–Crippen MR) is 120 cm³/mol. The van der Waals surface area contributed by atoms with Gasteiger partial charge in [-0.05, 0) is 56.7 Å². The Morgan fingerprint density at radius 1 is 1.13 bits per heavy atom. The molecule has 1 aromatic carbocycles. The standard InChI is InChI=1S/C24H35N3O4/c1-2-3-12-21(23(29)25-20-13-8-11-19(20)24(30)31)26-22(28)17-9-7-10-18(16-17)27-14-5-4-6-15-27/h7,9-10,16,19-21H,2-6,8,11-15H2,1H3,(H,25,29)(H,26,28)(H,30,31)/t19-,20+,21+/m1/s1. The number of piperidine rings is 1. The van der Waals surface area contributed by atoms with Crippen LogP contribution >= 0.6 is 0 Å². The Morgan fingerprint density at radius 2 is 1.90 bits per heavy atom. The Bertz CT molecular complexity index is 776. The molecule has 1 aliphatic carbocycles. The summed E-state index contributed by atoms with van der Waals surface area (Å²) >= 11 is 0. The van der Waals surface area contributed by atoms with E-state index in [1.54, 1.807) is 6.07 Å². The number of hydrogen-bond donors (Lipinski definition) is 3. The maximum absolute atomic E-state index is 13.0. The van der Waals surface area contributed by atoms with Crippen molar-refractivity contribution >= 4 is 23.5 Å². The quantitative estimate of drug-likeness (QED) is 0.559. The van der Waals surface area contributed by atoms with Crippen LogP contribution < -0.4 is 15.5 Å². The van der Waals surface area contributed by atoms with Crippen molar-refractivity contribution in [2.45, 2.75) is 76.8 Å². The Morgan fingerprint density at radius 3 is 2.61 bits per heavy atom. The highest BCUT2D eigenvalue weighted by molar-refractivity contribution is 5.98. The number of amides is 2. The minimum Gasteiger partial charge on any atom is -0.481 e. The lowest BCUT2D eigenvalue weighted by Gasteiger charge is -2.29. The average Bonchev–Trinajstić information content (AvgIpc) is 3.25. The van der Waals surface area contributed by atoms with E-state index < -0.39 is 17.9 Å². The van der Waals surface area contributed by atoms with E-state index in [0.29, 0.717) is 24.8 Å². The molecule has 31 heavy (non-hydrogen) atoms. The SMILES string of the molecule is CCCC[C@H](NC(=O)c1cccc(N2CCCCC2)c1)C(=O)N[C@H]1CCC[C@H]1C(=O)O. The molecule has 1 saturated carbocycles. The maximum atomic E-state index is 13.0. The topological polar surface area (TPSA) is 98.7 Å². The zero-order valence-electron chi connectivity index (χ0n) is 18.4. The molecule has 7 heteroatoms. The van der Waals surface area contributed by atoms with Crippen LogP contribution in [0, 0.1) is 5.92 Å². The number of benzene rings is 1. The summed E-state index contributed by atoms with van der Waals surface area (Å²) in [5.74, 6) is -1.97. The Balaban J connectivity index is 1.66. The van der Waals surface area contributed by atoms with E-state index in [1.807, 2.05) is 25.1 Å². The number of carboxylic acids is 1. The Kier molecular flexibility index (Phi) is 8.32. The second-order valence-corrected chi connectivity index (χ2v) is 8.76. The summed E-state index contributed by atoms with van der Waals surface area (Å²) in [6.45, 7) is 4.04. The molecule has 170 valence electrons. The van der Waals surface area contributed by atoms with Crippen LogP contribution in [0.4, 0.5) is 5.69 Å². The molecule has 0 unspecified atom stereocenters. The number of anilines is 1. The summed E-state index contributed by atoms with van der Waals surface area (Å²) in [7, 11) is 0. The van der Waals surface area contributed by atoms with Crippen molar-refractivity contribution in [2.24, 2.45) is 5.92 Å². The normalized spacial score (nSPS) is 22.0. The van der Waals surface area contributed by atoms with Crippen LogP contribution in [0.5, 0.6) is 0 Å². The van der Waals surface area contributed by atoms with Crippen LogP contribution in [0.15, 0.2) is 24.3 Å². The number of hydrogen-bond acceptors (Lipinski definition) is 4. The van der Waals surface area contributed by atoms with Gasteiger partial charge in [-0.25, -0.2) is 0 Å². The Hall–Kier alpha value is -2.57. The molecule has 7 nitrogen and oxygen atoms in total. The lowest BCUT2D eigenvalue weighted by atomic mass is 10.0. The van der Waals surface area contributed by atoms with Gasteiger partial charge >= 0.3 is 5.97 Å². The van der Waals surface area contributed by atoms with Gasteiger partial charge in [-0.3, -0.25) is 14.4 Å². The van der Waals surface area contributed by atoms with E-state index >= 15 is 0 Å². The van der Waals surface area contributed by atoms with Crippen molar-refractivity contribution in [3.05, 3.63) is 29.8 Å². The second kappa shape index (κ2) is 11.2. The number of aliphatic carboxylic acids is 1. The molecule has 2 fully saturated rings. The van der Waals surface area contributed by atoms with E-state index in [4.69, 9.17) is 0 Å². The van der Waals surface area contributed by atoms with Crippen LogP contribution in [0.1, 0.15) is 75.1 Å². The molecule has 2 amide bonds. The fourth-order valence-corrected chi connectivity index (χ4v) is 4.63. The third-order valence-electron chi connectivity index (χ3n) is 6.46. The molecule has 1 aliphatic heterocycles. The number of nitrogens with zero attached hydrogens (tertiary/aromatic N) is 1. The fraction of sp³-hybridized carbons (Fsp3) is 0.625. The van der Waals surface area contributed by atoms with Crippen molar-refractivity contribution in [1.29, 1.82) is 0 Å². The van der Waals surface area contributed by atoms with Crippen molar-refractivity contribution in [1.82, 2.24) is 10.6 Å². The molecule has 0 aromatic heterocycles. The van der Waals surface area contributed by atoms with Gasteiger partial charge in [0.15, 0.2) is 0 Å². The van der Waals surface area contributed by atoms with E-state index in [0.717, 1.165) is 50.9 Å². The van der Waals surface area contributed by atoms with Crippen molar-refractivity contribution in [3.63, 3.8) is 0 Å². The maximum Gasteiger partial charge on any atom is 0.308 e. The summed E-state index contributed by atoms with van der Waals surface area (Å²) in [6, 6.07) is 6.54. The zero-order valence-corrected chi connectivity index (χ0v) is 18.4. The number of carboxylic acid groups (broad SMARTS) is 1. The van der Waals surface area contributed by atoms with Gasteiger partial charge in [0.05, 0.1) is 5.92 Å². The zero-order chi connectivity index (χ0) is 22.2. The first-order chi connectivity index (χ1) is 15.0. The summed E-state index contributed by atoms with van der Waals surface area (Å²) in [5.41, 5.74) is 1.58. The van der Waals surface area contributed by atoms with E-state index in [1.165, 1.54) is 6.42 Å². The molecular weight excluding hydrogens is 394 g/mol. The van der Waals surface area contributed by atoms with Crippen LogP contribution in [-0.2, 0) is 9.59 Å². The van der Waals surface area contributed by atoms with Crippen LogP contribution in [0.2, 0.25) is 0 Å². The van der Waals surface area contributed by atoms with Gasteiger partial charge in [-0.2, -0.15) is 0 Å². The first-order valence-corrected chi connectivity index (χ1v) is 11.7. The van der Waals surface area contributed by atoms with Gasteiger partial charge < -0.3 is 20.6 Å². The predicted octanol–water partition coefficient (Wildman–Crippen LogP) is 3.34. The van der Waals surface area contributed by atoms with Crippen LogP contribution in [0.25, 0.3) is 0 Å². The molecule has 3 rings (SSSR count). The first kappa shape index (κ1) is 23.1. The average molecular weight is 430 g/mol. The number of rotatable bonds is 9. The lowest BCUT2D eigenvalue weighted by molar-refractivity contribution is -0.142. The third-order valence-corrected chi connectivity index (χ3v) is 6.46. The number of nitrogens with one attached hydrogen (secondary N) is 2. The summed E-state index contributed by atoms with van der Waals surface area (Å²) < 4.78 is 0. The number of carbonyl (C=O) groups excluding carboxylic acids is 2.